The van der Waals surface area contributed by atoms with E-state index in [1.54, 1.807) is 0 Å². The molecular formula is C19H26N2O5. The molecule has 1 aromatic rings. The van der Waals surface area contributed by atoms with Gasteiger partial charge < -0.3 is 10.1 Å². The van der Waals surface area contributed by atoms with E-state index >= 15 is 0 Å². The van der Waals surface area contributed by atoms with Crippen molar-refractivity contribution in [1.29, 1.82) is 0 Å². The summed E-state index contributed by atoms with van der Waals surface area (Å²) in [5.41, 5.74) is 0.171. The first kappa shape index (κ1) is 19.9. The first-order valence-electron chi connectivity index (χ1n) is 8.97. The Balaban J connectivity index is 2.01. The van der Waals surface area contributed by atoms with Crippen molar-refractivity contribution in [2.45, 2.75) is 59.1 Å². The van der Waals surface area contributed by atoms with Gasteiger partial charge in [-0.25, -0.2) is 4.79 Å². The van der Waals surface area contributed by atoms with Crippen LogP contribution in [-0.2, 0) is 9.53 Å². The lowest BCUT2D eigenvalue weighted by molar-refractivity contribution is -0.385. The number of hydrogen-bond acceptors (Lipinski definition) is 5. The number of nitrogens with zero attached hydrogens (tertiary/aromatic N) is 1. The van der Waals surface area contributed by atoms with Crippen molar-refractivity contribution in [1.82, 2.24) is 5.32 Å². The monoisotopic (exact) mass is 362 g/mol. The first-order valence-corrected chi connectivity index (χ1v) is 8.97. The third-order valence-electron chi connectivity index (χ3n) is 5.41. The second-order valence-electron chi connectivity index (χ2n) is 7.14. The highest BCUT2D eigenvalue weighted by Gasteiger charge is 2.30. The Hall–Kier alpha value is -2.44. The van der Waals surface area contributed by atoms with E-state index in [0.29, 0.717) is 11.8 Å². The Morgan fingerprint density at radius 2 is 2.00 bits per heavy atom. The fourth-order valence-electron chi connectivity index (χ4n) is 3.41. The van der Waals surface area contributed by atoms with E-state index < -0.39 is 17.0 Å². The van der Waals surface area contributed by atoms with Crippen LogP contribution in [0, 0.1) is 28.9 Å². The number of ether oxygens (including phenoxy) is 1. The zero-order chi connectivity index (χ0) is 19.4. The number of nitro benzene ring substituents is 1. The summed E-state index contributed by atoms with van der Waals surface area (Å²) in [4.78, 5) is 35.2. The van der Waals surface area contributed by atoms with Crippen molar-refractivity contribution >= 4 is 17.6 Å². The smallest absolute Gasteiger partial charge is 0.339 e. The van der Waals surface area contributed by atoms with Gasteiger partial charge in [0.1, 0.15) is 0 Å². The summed E-state index contributed by atoms with van der Waals surface area (Å²) in [5.74, 6) is -0.166. The molecule has 1 aliphatic carbocycles. The molecule has 2 rings (SSSR count). The Kier molecular flexibility index (Phi) is 6.34. The van der Waals surface area contributed by atoms with Gasteiger partial charge in [0.25, 0.3) is 11.6 Å². The van der Waals surface area contributed by atoms with Crippen LogP contribution in [-0.4, -0.2) is 28.9 Å². The van der Waals surface area contributed by atoms with Crippen molar-refractivity contribution in [2.75, 3.05) is 0 Å². The first-order chi connectivity index (χ1) is 12.2. The molecular weight excluding hydrogens is 336 g/mol. The van der Waals surface area contributed by atoms with Gasteiger partial charge in [-0.3, -0.25) is 14.9 Å². The predicted molar refractivity (Wildman–Crippen MR) is 96.8 cm³/mol. The lowest BCUT2D eigenvalue weighted by atomic mass is 9.78. The minimum atomic E-state index is -0.967. The minimum Gasteiger partial charge on any atom is -0.449 e. The summed E-state index contributed by atoms with van der Waals surface area (Å²) in [6.45, 7) is 7.30. The van der Waals surface area contributed by atoms with Gasteiger partial charge in [-0.05, 0) is 38.2 Å². The van der Waals surface area contributed by atoms with Gasteiger partial charge in [-0.2, -0.15) is 0 Å². The maximum atomic E-state index is 12.4. The topological polar surface area (TPSA) is 98.5 Å². The molecule has 0 spiro atoms. The Morgan fingerprint density at radius 1 is 1.31 bits per heavy atom. The molecule has 26 heavy (non-hydrogen) atoms. The molecule has 1 saturated carbocycles. The number of carbonyl (C=O) groups is 2. The molecule has 0 aliphatic heterocycles. The van der Waals surface area contributed by atoms with E-state index in [0.717, 1.165) is 19.3 Å². The van der Waals surface area contributed by atoms with Crippen molar-refractivity contribution in [3.05, 3.63) is 39.4 Å². The molecule has 0 radical (unpaired) electrons. The zero-order valence-corrected chi connectivity index (χ0v) is 15.7. The van der Waals surface area contributed by atoms with Crippen LogP contribution in [0.4, 0.5) is 5.69 Å². The van der Waals surface area contributed by atoms with E-state index in [9.17, 15) is 19.7 Å². The van der Waals surface area contributed by atoms with E-state index in [4.69, 9.17) is 4.74 Å². The highest BCUT2D eigenvalue weighted by atomic mass is 16.6. The van der Waals surface area contributed by atoms with Crippen LogP contribution in [0.3, 0.4) is 0 Å². The standard InChI is InChI=1S/C19H26N2O5/c1-11-7-5-9-16(12(11)2)20-18(22)14(4)26-19(23)15-8-6-10-17(13(15)3)21(24)25/h6,8,10-12,14,16H,5,7,9H2,1-4H3,(H,20,22)/t11-,12-,14-,16+/m0/s1. The second-order valence-corrected chi connectivity index (χ2v) is 7.14. The number of carbonyl (C=O) groups excluding carboxylic acids is 2. The van der Waals surface area contributed by atoms with E-state index in [1.165, 1.54) is 32.0 Å². The number of nitro groups is 1. The van der Waals surface area contributed by atoms with E-state index in [1.807, 2.05) is 0 Å². The number of rotatable bonds is 5. The van der Waals surface area contributed by atoms with Gasteiger partial charge >= 0.3 is 5.97 Å². The van der Waals surface area contributed by atoms with E-state index in [-0.39, 0.29) is 28.8 Å². The molecule has 1 aromatic carbocycles. The van der Waals surface area contributed by atoms with Crippen molar-refractivity contribution in [2.24, 2.45) is 11.8 Å². The second kappa shape index (κ2) is 8.29. The summed E-state index contributed by atoms with van der Waals surface area (Å²) in [6.07, 6.45) is 2.18. The maximum Gasteiger partial charge on any atom is 0.339 e. The summed E-state index contributed by atoms with van der Waals surface area (Å²) >= 11 is 0. The van der Waals surface area contributed by atoms with Gasteiger partial charge in [-0.1, -0.05) is 32.8 Å². The van der Waals surface area contributed by atoms with Gasteiger partial charge in [0.2, 0.25) is 0 Å². The lowest BCUT2D eigenvalue weighted by Gasteiger charge is -2.35. The third kappa shape index (κ3) is 4.39. The predicted octanol–water partition coefficient (Wildman–Crippen LogP) is 3.39. The van der Waals surface area contributed by atoms with E-state index in [2.05, 4.69) is 19.2 Å². The fraction of sp³-hybridized carbons (Fsp3) is 0.579. The van der Waals surface area contributed by atoms with Gasteiger partial charge in [0, 0.05) is 17.7 Å². The Bertz CT molecular complexity index is 703. The van der Waals surface area contributed by atoms with Gasteiger partial charge in [-0.15, -0.1) is 0 Å². The highest BCUT2D eigenvalue weighted by Crippen LogP contribution is 2.29. The van der Waals surface area contributed by atoms with Crippen LogP contribution in [0.5, 0.6) is 0 Å². The molecule has 1 amide bonds. The molecule has 0 aromatic heterocycles. The normalized spacial score (nSPS) is 23.8. The van der Waals surface area contributed by atoms with Crippen LogP contribution in [0.25, 0.3) is 0 Å². The molecule has 1 fully saturated rings. The molecule has 7 heteroatoms. The summed E-state index contributed by atoms with van der Waals surface area (Å²) in [7, 11) is 0. The van der Waals surface area contributed by atoms with Crippen LogP contribution < -0.4 is 5.32 Å². The Labute approximate surface area is 153 Å². The van der Waals surface area contributed by atoms with Crippen LogP contribution >= 0.6 is 0 Å². The molecule has 0 heterocycles. The van der Waals surface area contributed by atoms with Crippen LogP contribution in [0.1, 0.15) is 56.0 Å². The highest BCUT2D eigenvalue weighted by molar-refractivity contribution is 5.94. The molecule has 0 saturated heterocycles. The SMILES string of the molecule is Cc1c(C(=O)O[C@@H](C)C(=O)N[C@@H]2CCC[C@H](C)[C@@H]2C)cccc1[N+](=O)[O-]. The molecule has 0 bridgehead atoms. The fourth-order valence-corrected chi connectivity index (χ4v) is 3.41. The maximum absolute atomic E-state index is 12.4. The molecule has 7 nitrogen and oxygen atoms in total. The number of amides is 1. The number of nitrogens with one attached hydrogen (secondary N) is 1. The molecule has 1 N–H and O–H groups in total. The number of benzene rings is 1. The molecule has 142 valence electrons. The van der Waals surface area contributed by atoms with Crippen molar-refractivity contribution < 1.29 is 19.2 Å². The lowest BCUT2D eigenvalue weighted by Crippen LogP contribution is -2.47. The largest absolute Gasteiger partial charge is 0.449 e. The summed E-state index contributed by atoms with van der Waals surface area (Å²) in [5, 5.41) is 14.0. The summed E-state index contributed by atoms with van der Waals surface area (Å²) < 4.78 is 5.24. The molecule has 0 unspecified atom stereocenters. The quantitative estimate of drug-likeness (QED) is 0.492. The van der Waals surface area contributed by atoms with Crippen LogP contribution in [0.2, 0.25) is 0 Å². The van der Waals surface area contributed by atoms with Crippen LogP contribution in [0.15, 0.2) is 18.2 Å². The number of esters is 1. The van der Waals surface area contributed by atoms with Gasteiger partial charge in [0.15, 0.2) is 6.10 Å². The van der Waals surface area contributed by atoms with Gasteiger partial charge in [0.05, 0.1) is 10.5 Å². The average Bonchev–Trinajstić information content (AvgIpc) is 2.58. The Morgan fingerprint density at radius 3 is 2.65 bits per heavy atom. The zero-order valence-electron chi connectivity index (χ0n) is 15.7. The van der Waals surface area contributed by atoms with Crippen molar-refractivity contribution in [3.63, 3.8) is 0 Å². The third-order valence-corrected chi connectivity index (χ3v) is 5.41. The minimum absolute atomic E-state index is 0.0759. The molecule has 4 atom stereocenters. The number of hydrogen-bond donors (Lipinski definition) is 1. The average molecular weight is 362 g/mol. The van der Waals surface area contributed by atoms with Crippen molar-refractivity contribution in [3.8, 4) is 0 Å². The molecule has 1 aliphatic rings. The summed E-state index contributed by atoms with van der Waals surface area (Å²) in [6, 6.07) is 4.29.